The summed E-state index contributed by atoms with van der Waals surface area (Å²) in [4.78, 5) is 10.5. The van der Waals surface area contributed by atoms with Crippen LogP contribution in [0, 0.1) is 0 Å². The highest BCUT2D eigenvalue weighted by Gasteiger charge is 2.36. The minimum absolute atomic E-state index is 0.294. The fourth-order valence-corrected chi connectivity index (χ4v) is 0.889. The number of nitrogens with two attached hydrogens (primary N) is 1. The molecule has 0 aromatic carbocycles. The second-order valence-electron chi connectivity index (χ2n) is 2.32. The van der Waals surface area contributed by atoms with Gasteiger partial charge in [-0.25, -0.2) is 0 Å². The number of hydrogen-bond donors (Lipinski definition) is 3. The molecule has 1 saturated heterocycles. The highest BCUT2D eigenvalue weighted by atomic mass is 16.3. The number of β-amino-alcohol motifs (C(OH)–C–C–N with tert-alkyl or cyclic N) is 1. The van der Waals surface area contributed by atoms with Gasteiger partial charge in [0.2, 0.25) is 0 Å². The standard InChI is InChI=1S/C5H10N2O2/c6-4(8)5(9)1-2-7-3-5/h7,9H,1-3H2,(H2,6,8). The van der Waals surface area contributed by atoms with E-state index in [2.05, 4.69) is 5.32 Å². The lowest BCUT2D eigenvalue weighted by atomic mass is 10.0. The van der Waals surface area contributed by atoms with Gasteiger partial charge in [-0.2, -0.15) is 0 Å². The minimum Gasteiger partial charge on any atom is -0.379 e. The molecule has 4 N–H and O–H groups in total. The molecule has 1 rings (SSSR count). The molecule has 0 aliphatic carbocycles. The predicted molar refractivity (Wildman–Crippen MR) is 31.6 cm³/mol. The lowest BCUT2D eigenvalue weighted by molar-refractivity contribution is -0.134. The third-order valence-corrected chi connectivity index (χ3v) is 1.59. The van der Waals surface area contributed by atoms with Crippen molar-refractivity contribution in [3.63, 3.8) is 0 Å². The zero-order valence-corrected chi connectivity index (χ0v) is 5.05. The van der Waals surface area contributed by atoms with Gasteiger partial charge in [-0.05, 0) is 13.0 Å². The third-order valence-electron chi connectivity index (χ3n) is 1.59. The molecule has 0 saturated carbocycles. The Balaban J connectivity index is 2.61. The number of carbonyl (C=O) groups excluding carboxylic acids is 1. The molecule has 0 spiro atoms. The van der Waals surface area contributed by atoms with E-state index >= 15 is 0 Å². The van der Waals surface area contributed by atoms with Crippen LogP contribution in [0.25, 0.3) is 0 Å². The number of nitrogens with one attached hydrogen (secondary N) is 1. The second kappa shape index (κ2) is 1.97. The minimum atomic E-state index is -1.28. The van der Waals surface area contributed by atoms with E-state index in [1.165, 1.54) is 0 Å². The first-order valence-electron chi connectivity index (χ1n) is 2.88. The molecule has 0 bridgehead atoms. The first-order chi connectivity index (χ1) is 4.15. The van der Waals surface area contributed by atoms with Crippen molar-refractivity contribution in [2.24, 2.45) is 5.73 Å². The van der Waals surface area contributed by atoms with Crippen molar-refractivity contribution in [2.45, 2.75) is 12.0 Å². The number of carbonyl (C=O) groups is 1. The summed E-state index contributed by atoms with van der Waals surface area (Å²) in [6.45, 7) is 0.960. The molecule has 1 heterocycles. The predicted octanol–water partition coefficient (Wildman–Crippen LogP) is -1.80. The van der Waals surface area contributed by atoms with Gasteiger partial charge in [0.05, 0.1) is 0 Å². The van der Waals surface area contributed by atoms with Gasteiger partial charge in [-0.1, -0.05) is 0 Å². The summed E-state index contributed by atoms with van der Waals surface area (Å²) in [5.41, 5.74) is 3.63. The second-order valence-corrected chi connectivity index (χ2v) is 2.32. The van der Waals surface area contributed by atoms with Gasteiger partial charge in [-0.15, -0.1) is 0 Å². The molecule has 1 atom stereocenters. The van der Waals surface area contributed by atoms with Crippen molar-refractivity contribution < 1.29 is 9.90 Å². The Labute approximate surface area is 53.0 Å². The Kier molecular flexibility index (Phi) is 1.42. The van der Waals surface area contributed by atoms with E-state index in [0.717, 1.165) is 0 Å². The van der Waals surface area contributed by atoms with Crippen LogP contribution in [0.1, 0.15) is 6.42 Å². The van der Waals surface area contributed by atoms with Crippen LogP contribution in [0.4, 0.5) is 0 Å². The smallest absolute Gasteiger partial charge is 0.250 e. The number of amides is 1. The van der Waals surface area contributed by atoms with Gasteiger partial charge in [0.25, 0.3) is 5.91 Å². The average Bonchev–Trinajstić information content (AvgIpc) is 2.16. The molecule has 4 heteroatoms. The van der Waals surface area contributed by atoms with E-state index in [0.29, 0.717) is 19.5 Å². The van der Waals surface area contributed by atoms with Crippen LogP contribution in [0.15, 0.2) is 0 Å². The van der Waals surface area contributed by atoms with Crippen LogP contribution >= 0.6 is 0 Å². The first-order valence-corrected chi connectivity index (χ1v) is 2.88. The number of rotatable bonds is 1. The summed E-state index contributed by atoms with van der Waals surface area (Å²) in [6.07, 6.45) is 0.433. The Morgan fingerprint density at radius 2 is 2.44 bits per heavy atom. The highest BCUT2D eigenvalue weighted by Crippen LogP contribution is 2.12. The van der Waals surface area contributed by atoms with E-state index in [4.69, 9.17) is 5.73 Å². The molecule has 52 valence electrons. The van der Waals surface area contributed by atoms with Crippen LogP contribution in [0.2, 0.25) is 0 Å². The average molecular weight is 130 g/mol. The van der Waals surface area contributed by atoms with Crippen molar-refractivity contribution in [1.82, 2.24) is 5.32 Å². The molecule has 9 heavy (non-hydrogen) atoms. The molecule has 0 aromatic rings. The molecule has 1 fully saturated rings. The maximum atomic E-state index is 10.5. The Hall–Kier alpha value is -0.610. The van der Waals surface area contributed by atoms with Crippen molar-refractivity contribution >= 4 is 5.91 Å². The Morgan fingerprint density at radius 3 is 2.67 bits per heavy atom. The van der Waals surface area contributed by atoms with Gasteiger partial charge in [0, 0.05) is 6.54 Å². The number of aliphatic hydroxyl groups is 1. The normalized spacial score (nSPS) is 34.8. The third kappa shape index (κ3) is 1.04. The van der Waals surface area contributed by atoms with Gasteiger partial charge in [0.15, 0.2) is 5.60 Å². The van der Waals surface area contributed by atoms with Crippen molar-refractivity contribution in [1.29, 1.82) is 0 Å². The van der Waals surface area contributed by atoms with E-state index in [1.807, 2.05) is 0 Å². The van der Waals surface area contributed by atoms with E-state index in [9.17, 15) is 9.90 Å². The maximum absolute atomic E-state index is 10.5. The lowest BCUT2D eigenvalue weighted by Gasteiger charge is -2.14. The summed E-state index contributed by atoms with van der Waals surface area (Å²) in [7, 11) is 0. The molecule has 1 amide bonds. The number of primary amides is 1. The van der Waals surface area contributed by atoms with Crippen LogP contribution < -0.4 is 11.1 Å². The molecule has 1 aliphatic rings. The zero-order valence-electron chi connectivity index (χ0n) is 5.05. The molecule has 1 aliphatic heterocycles. The lowest BCUT2D eigenvalue weighted by Crippen LogP contribution is -2.45. The molecule has 0 radical (unpaired) electrons. The summed E-state index contributed by atoms with van der Waals surface area (Å²) in [5.74, 6) is -0.632. The SMILES string of the molecule is NC(=O)C1(O)CCNC1. The summed E-state index contributed by atoms with van der Waals surface area (Å²) < 4.78 is 0. The van der Waals surface area contributed by atoms with Gasteiger partial charge < -0.3 is 16.2 Å². The summed E-state index contributed by atoms with van der Waals surface area (Å²) in [6, 6.07) is 0. The van der Waals surface area contributed by atoms with Crippen LogP contribution in [0.3, 0.4) is 0 Å². The molecular formula is C5H10N2O2. The zero-order chi connectivity index (χ0) is 6.91. The van der Waals surface area contributed by atoms with Gasteiger partial charge in [0.1, 0.15) is 0 Å². The summed E-state index contributed by atoms with van der Waals surface area (Å²) in [5, 5.41) is 12.1. The van der Waals surface area contributed by atoms with Crippen molar-refractivity contribution in [3.8, 4) is 0 Å². The Bertz CT molecular complexity index is 129. The topological polar surface area (TPSA) is 75.4 Å². The van der Waals surface area contributed by atoms with Crippen LogP contribution in [-0.4, -0.2) is 29.7 Å². The van der Waals surface area contributed by atoms with Crippen LogP contribution in [0.5, 0.6) is 0 Å². The monoisotopic (exact) mass is 130 g/mol. The summed E-state index contributed by atoms with van der Waals surface area (Å²) >= 11 is 0. The van der Waals surface area contributed by atoms with E-state index in [-0.39, 0.29) is 0 Å². The maximum Gasteiger partial charge on any atom is 0.250 e. The fraction of sp³-hybridized carbons (Fsp3) is 0.800. The largest absolute Gasteiger partial charge is 0.379 e. The number of hydrogen-bond acceptors (Lipinski definition) is 3. The quantitative estimate of drug-likeness (QED) is 0.392. The van der Waals surface area contributed by atoms with E-state index < -0.39 is 11.5 Å². The van der Waals surface area contributed by atoms with Crippen molar-refractivity contribution in [3.05, 3.63) is 0 Å². The molecule has 0 aromatic heterocycles. The Morgan fingerprint density at radius 1 is 1.78 bits per heavy atom. The molecule has 1 unspecified atom stereocenters. The first kappa shape index (κ1) is 6.51. The van der Waals surface area contributed by atoms with Gasteiger partial charge in [-0.3, -0.25) is 4.79 Å². The highest BCUT2D eigenvalue weighted by molar-refractivity contribution is 5.83. The van der Waals surface area contributed by atoms with Crippen molar-refractivity contribution in [2.75, 3.05) is 13.1 Å². The van der Waals surface area contributed by atoms with Gasteiger partial charge >= 0.3 is 0 Å². The van der Waals surface area contributed by atoms with E-state index in [1.54, 1.807) is 0 Å². The molecule has 4 nitrogen and oxygen atoms in total. The van der Waals surface area contributed by atoms with Crippen LogP contribution in [-0.2, 0) is 4.79 Å². The molecular weight excluding hydrogens is 120 g/mol. The fourth-order valence-electron chi connectivity index (χ4n) is 0.889.